The van der Waals surface area contributed by atoms with Crippen LogP contribution in [0, 0.1) is 12.7 Å². The molecule has 1 amide bonds. The number of pyridine rings is 1. The van der Waals surface area contributed by atoms with Crippen molar-refractivity contribution in [1.82, 2.24) is 15.3 Å². The van der Waals surface area contributed by atoms with Gasteiger partial charge in [0.05, 0.1) is 17.1 Å². The molecule has 0 spiro atoms. The maximum Gasteiger partial charge on any atom is 0.254 e. The highest BCUT2D eigenvalue weighted by atomic mass is 32.1. The SMILES string of the molecule is CCNc1nccc(C(=O)NCc2cnc(C)s2)c1F. The molecule has 5 nitrogen and oxygen atoms in total. The summed E-state index contributed by atoms with van der Waals surface area (Å²) in [5.41, 5.74) is -0.0165. The third kappa shape index (κ3) is 3.30. The maximum atomic E-state index is 14.0. The Kier molecular flexibility index (Phi) is 4.62. The molecule has 0 unspecified atom stereocenters. The molecule has 0 atom stereocenters. The standard InChI is InChI=1S/C13H15FN4OS/c1-3-15-12-11(14)10(4-5-16-12)13(19)18-7-9-6-17-8(2)20-9/h4-6H,3,7H2,1-2H3,(H,15,16)(H,18,19). The minimum atomic E-state index is -0.632. The summed E-state index contributed by atoms with van der Waals surface area (Å²) in [4.78, 5) is 20.9. The quantitative estimate of drug-likeness (QED) is 0.888. The number of amides is 1. The number of aryl methyl sites for hydroxylation is 1. The van der Waals surface area contributed by atoms with Crippen molar-refractivity contribution in [3.8, 4) is 0 Å². The second-order valence-corrected chi connectivity index (χ2v) is 5.40. The Bertz CT molecular complexity index is 614. The Hall–Kier alpha value is -2.02. The third-order valence-electron chi connectivity index (χ3n) is 2.57. The van der Waals surface area contributed by atoms with Crippen LogP contribution in [0.15, 0.2) is 18.5 Å². The molecule has 0 bridgehead atoms. The molecule has 106 valence electrons. The normalized spacial score (nSPS) is 10.3. The summed E-state index contributed by atoms with van der Waals surface area (Å²) in [6.45, 7) is 4.60. The van der Waals surface area contributed by atoms with Crippen LogP contribution in [0.3, 0.4) is 0 Å². The summed E-state index contributed by atoms with van der Waals surface area (Å²) >= 11 is 1.50. The minimum Gasteiger partial charge on any atom is -0.368 e. The molecular weight excluding hydrogens is 279 g/mol. The summed E-state index contributed by atoms with van der Waals surface area (Å²) in [5, 5.41) is 6.38. The summed E-state index contributed by atoms with van der Waals surface area (Å²) in [6, 6.07) is 1.36. The number of rotatable bonds is 5. The van der Waals surface area contributed by atoms with Crippen LogP contribution in [0.2, 0.25) is 0 Å². The van der Waals surface area contributed by atoms with E-state index < -0.39 is 11.7 Å². The number of carbonyl (C=O) groups is 1. The molecule has 0 radical (unpaired) electrons. The van der Waals surface area contributed by atoms with E-state index in [0.29, 0.717) is 13.1 Å². The van der Waals surface area contributed by atoms with Crippen LogP contribution >= 0.6 is 11.3 Å². The number of carbonyl (C=O) groups excluding carboxylic acids is 1. The lowest BCUT2D eigenvalue weighted by Crippen LogP contribution is -2.24. The van der Waals surface area contributed by atoms with Gasteiger partial charge in [-0.1, -0.05) is 0 Å². The van der Waals surface area contributed by atoms with E-state index in [-0.39, 0.29) is 11.4 Å². The first-order chi connectivity index (χ1) is 9.61. The van der Waals surface area contributed by atoms with E-state index >= 15 is 0 Å². The van der Waals surface area contributed by atoms with E-state index in [9.17, 15) is 9.18 Å². The lowest BCUT2D eigenvalue weighted by Gasteiger charge is -2.08. The Balaban J connectivity index is 2.07. The molecule has 0 saturated heterocycles. The molecule has 0 fully saturated rings. The first-order valence-electron chi connectivity index (χ1n) is 6.19. The van der Waals surface area contributed by atoms with Crippen molar-refractivity contribution in [3.63, 3.8) is 0 Å². The van der Waals surface area contributed by atoms with Crippen molar-refractivity contribution >= 4 is 23.1 Å². The van der Waals surface area contributed by atoms with Gasteiger partial charge in [0.15, 0.2) is 11.6 Å². The van der Waals surface area contributed by atoms with Crippen molar-refractivity contribution in [2.75, 3.05) is 11.9 Å². The minimum absolute atomic E-state index is 0.0165. The van der Waals surface area contributed by atoms with Crippen LogP contribution in [0.25, 0.3) is 0 Å². The molecular formula is C13H15FN4OS. The van der Waals surface area contributed by atoms with Gasteiger partial charge in [-0.25, -0.2) is 14.4 Å². The van der Waals surface area contributed by atoms with Crippen molar-refractivity contribution in [3.05, 3.63) is 39.7 Å². The molecule has 2 rings (SSSR count). The number of hydrogen-bond donors (Lipinski definition) is 2. The van der Waals surface area contributed by atoms with Crippen molar-refractivity contribution in [2.24, 2.45) is 0 Å². The second-order valence-electron chi connectivity index (χ2n) is 4.08. The molecule has 0 saturated carbocycles. The number of nitrogens with zero attached hydrogens (tertiary/aromatic N) is 2. The predicted octanol–water partition coefficient (Wildman–Crippen LogP) is 2.35. The summed E-state index contributed by atoms with van der Waals surface area (Å²) in [7, 11) is 0. The van der Waals surface area contributed by atoms with E-state index in [4.69, 9.17) is 0 Å². The molecule has 2 heterocycles. The van der Waals surface area contributed by atoms with E-state index in [0.717, 1.165) is 9.88 Å². The Morgan fingerprint density at radius 3 is 2.90 bits per heavy atom. The molecule has 2 aromatic rings. The number of anilines is 1. The monoisotopic (exact) mass is 294 g/mol. The molecule has 0 aliphatic rings. The fraction of sp³-hybridized carbons (Fsp3) is 0.308. The average molecular weight is 294 g/mol. The summed E-state index contributed by atoms with van der Waals surface area (Å²) < 4.78 is 14.0. The van der Waals surface area contributed by atoms with Crippen LogP contribution < -0.4 is 10.6 Å². The predicted molar refractivity (Wildman–Crippen MR) is 76.4 cm³/mol. The molecule has 0 aromatic carbocycles. The van der Waals surface area contributed by atoms with Crippen LogP contribution in [0.1, 0.15) is 27.2 Å². The van der Waals surface area contributed by atoms with Gasteiger partial charge in [0.1, 0.15) is 0 Å². The van der Waals surface area contributed by atoms with E-state index in [1.54, 1.807) is 6.20 Å². The lowest BCUT2D eigenvalue weighted by molar-refractivity contribution is 0.0947. The van der Waals surface area contributed by atoms with Crippen molar-refractivity contribution in [2.45, 2.75) is 20.4 Å². The van der Waals surface area contributed by atoms with E-state index in [2.05, 4.69) is 20.6 Å². The Morgan fingerprint density at radius 1 is 1.45 bits per heavy atom. The fourth-order valence-corrected chi connectivity index (χ4v) is 2.39. The Morgan fingerprint density at radius 2 is 2.25 bits per heavy atom. The van der Waals surface area contributed by atoms with Crippen molar-refractivity contribution < 1.29 is 9.18 Å². The van der Waals surface area contributed by atoms with E-state index in [1.165, 1.54) is 23.6 Å². The number of thiazole rings is 1. The Labute approximate surface area is 120 Å². The van der Waals surface area contributed by atoms with Gasteiger partial charge in [0.25, 0.3) is 5.91 Å². The highest BCUT2D eigenvalue weighted by molar-refractivity contribution is 7.11. The molecule has 20 heavy (non-hydrogen) atoms. The van der Waals surface area contributed by atoms with E-state index in [1.807, 2.05) is 13.8 Å². The topological polar surface area (TPSA) is 66.9 Å². The number of halogens is 1. The first kappa shape index (κ1) is 14.4. The highest BCUT2D eigenvalue weighted by Crippen LogP contribution is 2.15. The largest absolute Gasteiger partial charge is 0.368 e. The van der Waals surface area contributed by atoms with Crippen LogP contribution in [-0.4, -0.2) is 22.4 Å². The maximum absolute atomic E-state index is 14.0. The van der Waals surface area contributed by atoms with Gasteiger partial charge in [-0.3, -0.25) is 4.79 Å². The molecule has 2 aromatic heterocycles. The van der Waals surface area contributed by atoms with Gasteiger partial charge in [-0.2, -0.15) is 0 Å². The van der Waals surface area contributed by atoms with Crippen LogP contribution in [0.5, 0.6) is 0 Å². The summed E-state index contributed by atoms with van der Waals surface area (Å²) in [5.74, 6) is -1.00. The van der Waals surface area contributed by atoms with Crippen LogP contribution in [-0.2, 0) is 6.54 Å². The number of nitrogens with one attached hydrogen (secondary N) is 2. The smallest absolute Gasteiger partial charge is 0.254 e. The molecule has 0 aliphatic heterocycles. The lowest BCUT2D eigenvalue weighted by atomic mass is 10.2. The number of aromatic nitrogens is 2. The summed E-state index contributed by atoms with van der Waals surface area (Å²) in [6.07, 6.45) is 3.11. The molecule has 7 heteroatoms. The fourth-order valence-electron chi connectivity index (χ4n) is 1.66. The van der Waals surface area contributed by atoms with Gasteiger partial charge < -0.3 is 10.6 Å². The average Bonchev–Trinajstić information content (AvgIpc) is 2.84. The van der Waals surface area contributed by atoms with Gasteiger partial charge in [-0.05, 0) is 19.9 Å². The van der Waals surface area contributed by atoms with Gasteiger partial charge >= 0.3 is 0 Å². The highest BCUT2D eigenvalue weighted by Gasteiger charge is 2.15. The van der Waals surface area contributed by atoms with Crippen molar-refractivity contribution in [1.29, 1.82) is 0 Å². The number of hydrogen-bond acceptors (Lipinski definition) is 5. The van der Waals surface area contributed by atoms with Gasteiger partial charge in [-0.15, -0.1) is 11.3 Å². The first-order valence-corrected chi connectivity index (χ1v) is 7.01. The zero-order valence-electron chi connectivity index (χ0n) is 11.2. The zero-order valence-corrected chi connectivity index (χ0v) is 12.1. The zero-order chi connectivity index (χ0) is 14.5. The van der Waals surface area contributed by atoms with Gasteiger partial charge in [0, 0.05) is 23.8 Å². The van der Waals surface area contributed by atoms with Crippen LogP contribution in [0.4, 0.5) is 10.2 Å². The molecule has 2 N–H and O–H groups in total. The van der Waals surface area contributed by atoms with Gasteiger partial charge in [0.2, 0.25) is 0 Å². The second kappa shape index (κ2) is 6.42. The molecule has 0 aliphatic carbocycles. The third-order valence-corrected chi connectivity index (χ3v) is 3.48.